The second kappa shape index (κ2) is 4.63. The van der Waals surface area contributed by atoms with Gasteiger partial charge in [0.2, 0.25) is 0 Å². The number of rotatable bonds is 2. The van der Waals surface area contributed by atoms with Crippen LogP contribution in [0.25, 0.3) is 0 Å². The summed E-state index contributed by atoms with van der Waals surface area (Å²) in [6.07, 6.45) is -0.835. The molecule has 1 aromatic carbocycles. The average molecular weight is 212 g/mol. The van der Waals surface area contributed by atoms with E-state index in [9.17, 15) is 9.18 Å². The summed E-state index contributed by atoms with van der Waals surface area (Å²) in [6.45, 7) is 3.45. The molecule has 0 aliphatic heterocycles. The lowest BCUT2D eigenvalue weighted by atomic mass is 10.3. The molecule has 0 saturated heterocycles. The standard InChI is InChI=1S/C10H13FN2O2/c1-6(2)15-10(14)13-7-3-4-9(12)8(11)5-7/h3-6H,12H2,1-2H3,(H,13,14). The van der Waals surface area contributed by atoms with Crippen LogP contribution in [0.3, 0.4) is 0 Å². The third-order valence-electron chi connectivity index (χ3n) is 1.59. The molecule has 1 aromatic rings. The molecule has 0 spiro atoms. The normalized spacial score (nSPS) is 10.1. The number of carbonyl (C=O) groups is 1. The highest BCUT2D eigenvalue weighted by molar-refractivity contribution is 5.84. The number of benzene rings is 1. The fraction of sp³-hybridized carbons (Fsp3) is 0.300. The first-order valence-electron chi connectivity index (χ1n) is 4.51. The molecule has 0 aromatic heterocycles. The molecule has 0 heterocycles. The molecule has 1 amide bonds. The first kappa shape index (κ1) is 11.3. The minimum Gasteiger partial charge on any atom is -0.447 e. The van der Waals surface area contributed by atoms with Gasteiger partial charge >= 0.3 is 6.09 Å². The van der Waals surface area contributed by atoms with Crippen LogP contribution in [-0.2, 0) is 4.74 Å². The molecular weight excluding hydrogens is 199 g/mol. The first-order valence-corrected chi connectivity index (χ1v) is 4.51. The van der Waals surface area contributed by atoms with E-state index in [1.54, 1.807) is 13.8 Å². The van der Waals surface area contributed by atoms with Gasteiger partial charge in [-0.3, -0.25) is 5.32 Å². The summed E-state index contributed by atoms with van der Waals surface area (Å²) in [5.74, 6) is -0.572. The molecule has 4 nitrogen and oxygen atoms in total. The Bertz CT molecular complexity index is 366. The fourth-order valence-corrected chi connectivity index (χ4v) is 0.966. The van der Waals surface area contributed by atoms with Gasteiger partial charge in [-0.1, -0.05) is 0 Å². The summed E-state index contributed by atoms with van der Waals surface area (Å²) in [5, 5.41) is 2.38. The van der Waals surface area contributed by atoms with Crippen molar-refractivity contribution in [3.8, 4) is 0 Å². The van der Waals surface area contributed by atoms with Crippen LogP contribution in [0.2, 0.25) is 0 Å². The van der Waals surface area contributed by atoms with Crippen molar-refractivity contribution in [3.05, 3.63) is 24.0 Å². The number of hydrogen-bond acceptors (Lipinski definition) is 3. The largest absolute Gasteiger partial charge is 0.447 e. The van der Waals surface area contributed by atoms with E-state index in [-0.39, 0.29) is 11.8 Å². The average Bonchev–Trinajstić information content (AvgIpc) is 2.10. The lowest BCUT2D eigenvalue weighted by molar-refractivity contribution is 0.130. The van der Waals surface area contributed by atoms with Gasteiger partial charge in [0, 0.05) is 5.69 Å². The SMILES string of the molecule is CC(C)OC(=O)Nc1ccc(N)c(F)c1. The molecule has 0 fully saturated rings. The predicted octanol–water partition coefficient (Wildman–Crippen LogP) is 2.36. The summed E-state index contributed by atoms with van der Waals surface area (Å²) in [7, 11) is 0. The van der Waals surface area contributed by atoms with E-state index in [2.05, 4.69) is 5.32 Å². The molecule has 3 N–H and O–H groups in total. The maximum atomic E-state index is 13.0. The molecule has 15 heavy (non-hydrogen) atoms. The third kappa shape index (κ3) is 3.46. The van der Waals surface area contributed by atoms with Crippen molar-refractivity contribution in [2.45, 2.75) is 20.0 Å². The van der Waals surface area contributed by atoms with Gasteiger partial charge in [0.05, 0.1) is 11.8 Å². The number of nitrogens with two attached hydrogens (primary N) is 1. The van der Waals surface area contributed by atoms with E-state index in [1.165, 1.54) is 12.1 Å². The van der Waals surface area contributed by atoms with Crippen molar-refractivity contribution in [1.82, 2.24) is 0 Å². The third-order valence-corrected chi connectivity index (χ3v) is 1.59. The zero-order valence-corrected chi connectivity index (χ0v) is 8.58. The molecule has 1 rings (SSSR count). The van der Waals surface area contributed by atoms with Crippen LogP contribution in [0.15, 0.2) is 18.2 Å². The van der Waals surface area contributed by atoms with Crippen molar-refractivity contribution in [2.75, 3.05) is 11.1 Å². The zero-order chi connectivity index (χ0) is 11.4. The Balaban J connectivity index is 2.65. The molecule has 82 valence electrons. The summed E-state index contributed by atoms with van der Waals surface area (Å²) in [6, 6.07) is 4.01. The molecule has 0 bridgehead atoms. The molecule has 0 saturated carbocycles. The van der Waals surface area contributed by atoms with Crippen molar-refractivity contribution in [3.63, 3.8) is 0 Å². The number of ether oxygens (including phenoxy) is 1. The van der Waals surface area contributed by atoms with Crippen LogP contribution in [0.4, 0.5) is 20.6 Å². The van der Waals surface area contributed by atoms with Crippen LogP contribution in [0.1, 0.15) is 13.8 Å². The Labute approximate surface area is 87.2 Å². The Morgan fingerprint density at radius 1 is 1.53 bits per heavy atom. The summed E-state index contributed by atoms with van der Waals surface area (Å²) in [4.78, 5) is 11.1. The van der Waals surface area contributed by atoms with Crippen LogP contribution >= 0.6 is 0 Å². The molecule has 0 unspecified atom stereocenters. The Kier molecular flexibility index (Phi) is 3.49. The van der Waals surface area contributed by atoms with Gasteiger partial charge in [-0.15, -0.1) is 0 Å². The highest BCUT2D eigenvalue weighted by Crippen LogP contribution is 2.16. The van der Waals surface area contributed by atoms with Crippen LogP contribution < -0.4 is 11.1 Å². The number of carbonyl (C=O) groups excluding carboxylic acids is 1. The minimum atomic E-state index is -0.617. The van der Waals surface area contributed by atoms with E-state index >= 15 is 0 Å². The second-order valence-electron chi connectivity index (χ2n) is 3.32. The highest BCUT2D eigenvalue weighted by Gasteiger charge is 2.06. The molecule has 0 aliphatic carbocycles. The summed E-state index contributed by atoms with van der Waals surface area (Å²) >= 11 is 0. The smallest absolute Gasteiger partial charge is 0.411 e. The number of hydrogen-bond donors (Lipinski definition) is 2. The van der Waals surface area contributed by atoms with Crippen molar-refractivity contribution in [1.29, 1.82) is 0 Å². The van der Waals surface area contributed by atoms with Crippen LogP contribution in [0.5, 0.6) is 0 Å². The Morgan fingerprint density at radius 3 is 2.73 bits per heavy atom. The first-order chi connectivity index (χ1) is 6.99. The van der Waals surface area contributed by atoms with Gasteiger partial charge in [0.15, 0.2) is 0 Å². The lowest BCUT2D eigenvalue weighted by Crippen LogP contribution is -2.18. The van der Waals surface area contributed by atoms with Crippen molar-refractivity contribution < 1.29 is 13.9 Å². The highest BCUT2D eigenvalue weighted by atomic mass is 19.1. The molecular formula is C10H13FN2O2. The maximum absolute atomic E-state index is 13.0. The molecule has 0 aliphatic rings. The summed E-state index contributed by atoms with van der Waals surface area (Å²) in [5.41, 5.74) is 5.63. The Morgan fingerprint density at radius 2 is 2.20 bits per heavy atom. The number of anilines is 2. The van der Waals surface area contributed by atoms with Crippen LogP contribution in [-0.4, -0.2) is 12.2 Å². The van der Waals surface area contributed by atoms with E-state index in [0.717, 1.165) is 6.07 Å². The monoisotopic (exact) mass is 212 g/mol. The van der Waals surface area contributed by atoms with E-state index < -0.39 is 11.9 Å². The van der Waals surface area contributed by atoms with Gasteiger partial charge in [0.1, 0.15) is 5.82 Å². The topological polar surface area (TPSA) is 64.3 Å². The van der Waals surface area contributed by atoms with Gasteiger partial charge < -0.3 is 10.5 Å². The number of nitrogen functional groups attached to an aromatic ring is 1. The quantitative estimate of drug-likeness (QED) is 0.739. The van der Waals surface area contributed by atoms with Gasteiger partial charge in [-0.2, -0.15) is 0 Å². The van der Waals surface area contributed by atoms with E-state index in [4.69, 9.17) is 10.5 Å². The van der Waals surface area contributed by atoms with Gasteiger partial charge in [0.25, 0.3) is 0 Å². The summed E-state index contributed by atoms with van der Waals surface area (Å²) < 4.78 is 17.8. The zero-order valence-electron chi connectivity index (χ0n) is 8.58. The van der Waals surface area contributed by atoms with Gasteiger partial charge in [-0.05, 0) is 32.0 Å². The number of halogens is 1. The lowest BCUT2D eigenvalue weighted by Gasteiger charge is -2.09. The second-order valence-corrected chi connectivity index (χ2v) is 3.32. The maximum Gasteiger partial charge on any atom is 0.411 e. The molecule has 0 atom stereocenters. The van der Waals surface area contributed by atoms with E-state index in [0.29, 0.717) is 5.69 Å². The number of amides is 1. The Hall–Kier alpha value is -1.78. The van der Waals surface area contributed by atoms with E-state index in [1.807, 2.05) is 0 Å². The van der Waals surface area contributed by atoms with Gasteiger partial charge in [-0.25, -0.2) is 9.18 Å². The molecule has 5 heteroatoms. The number of nitrogens with one attached hydrogen (secondary N) is 1. The molecule has 0 radical (unpaired) electrons. The predicted molar refractivity (Wildman–Crippen MR) is 56.1 cm³/mol. The van der Waals surface area contributed by atoms with Crippen molar-refractivity contribution >= 4 is 17.5 Å². The van der Waals surface area contributed by atoms with Crippen LogP contribution in [0, 0.1) is 5.82 Å². The van der Waals surface area contributed by atoms with Crippen molar-refractivity contribution in [2.24, 2.45) is 0 Å². The minimum absolute atomic E-state index is 0.0396. The fourth-order valence-electron chi connectivity index (χ4n) is 0.966.